The second-order valence-corrected chi connectivity index (χ2v) is 7.16. The van der Waals surface area contributed by atoms with E-state index in [2.05, 4.69) is 44.8 Å². The van der Waals surface area contributed by atoms with Crippen LogP contribution in [0.5, 0.6) is 0 Å². The van der Waals surface area contributed by atoms with Crippen LogP contribution >= 0.6 is 0 Å². The van der Waals surface area contributed by atoms with Crippen molar-refractivity contribution in [1.29, 1.82) is 0 Å². The third kappa shape index (κ3) is 6.24. The average Bonchev–Trinajstić information content (AvgIpc) is 2.80. The molecule has 1 fully saturated rings. The summed E-state index contributed by atoms with van der Waals surface area (Å²) in [5.74, 6) is 0.717. The molecule has 0 aromatic heterocycles. The second kappa shape index (κ2) is 7.61. The molecule has 0 aliphatic carbocycles. The third-order valence-electron chi connectivity index (χ3n) is 4.18. The largest absolute Gasteiger partial charge is 0.379 e. The quantitative estimate of drug-likeness (QED) is 0.734. The molecule has 1 N–H and O–H groups in total. The van der Waals surface area contributed by atoms with Crippen molar-refractivity contribution in [2.24, 2.45) is 5.92 Å². The lowest BCUT2D eigenvalue weighted by atomic mass is 9.97. The van der Waals surface area contributed by atoms with Crippen LogP contribution in [0, 0.1) is 5.92 Å². The van der Waals surface area contributed by atoms with E-state index in [9.17, 15) is 0 Å². The van der Waals surface area contributed by atoms with Crippen molar-refractivity contribution in [3.63, 3.8) is 0 Å². The van der Waals surface area contributed by atoms with Crippen molar-refractivity contribution in [3.8, 4) is 0 Å². The van der Waals surface area contributed by atoms with Crippen molar-refractivity contribution < 1.29 is 4.74 Å². The van der Waals surface area contributed by atoms with Crippen LogP contribution in [0.4, 0.5) is 0 Å². The minimum atomic E-state index is -0.0300. The highest BCUT2D eigenvalue weighted by molar-refractivity contribution is 4.83. The lowest BCUT2D eigenvalue weighted by molar-refractivity contribution is -0.00853. The molecule has 1 saturated heterocycles. The Labute approximate surface area is 120 Å². The van der Waals surface area contributed by atoms with Gasteiger partial charge in [-0.3, -0.25) is 4.90 Å². The van der Waals surface area contributed by atoms with Crippen LogP contribution in [-0.2, 0) is 4.74 Å². The maximum Gasteiger partial charge on any atom is 0.0637 e. The van der Waals surface area contributed by atoms with E-state index in [1.807, 2.05) is 7.11 Å². The van der Waals surface area contributed by atoms with Crippen LogP contribution in [0.3, 0.4) is 0 Å². The van der Waals surface area contributed by atoms with Crippen molar-refractivity contribution in [2.45, 2.75) is 71.6 Å². The molecule has 2 atom stereocenters. The van der Waals surface area contributed by atoms with E-state index in [1.165, 1.54) is 32.5 Å². The van der Waals surface area contributed by atoms with Gasteiger partial charge in [0, 0.05) is 32.3 Å². The van der Waals surface area contributed by atoms with E-state index < -0.39 is 0 Å². The molecule has 0 saturated carbocycles. The Balaban J connectivity index is 2.55. The van der Waals surface area contributed by atoms with Gasteiger partial charge in [-0.2, -0.15) is 0 Å². The Morgan fingerprint density at radius 2 is 2.00 bits per heavy atom. The molecule has 0 amide bonds. The van der Waals surface area contributed by atoms with Crippen LogP contribution in [0.25, 0.3) is 0 Å². The maximum atomic E-state index is 5.59. The maximum absolute atomic E-state index is 5.59. The Morgan fingerprint density at radius 3 is 2.47 bits per heavy atom. The lowest BCUT2D eigenvalue weighted by Gasteiger charge is -2.36. The number of nitrogens with zero attached hydrogens (tertiary/aromatic N) is 1. The minimum Gasteiger partial charge on any atom is -0.379 e. The molecule has 0 spiro atoms. The van der Waals surface area contributed by atoms with Crippen molar-refractivity contribution >= 4 is 0 Å². The fourth-order valence-corrected chi connectivity index (χ4v) is 3.02. The van der Waals surface area contributed by atoms with E-state index in [4.69, 9.17) is 4.74 Å². The molecule has 1 aliphatic rings. The van der Waals surface area contributed by atoms with Gasteiger partial charge in [-0.05, 0) is 52.5 Å². The number of rotatable bonds is 8. The van der Waals surface area contributed by atoms with Crippen LogP contribution < -0.4 is 5.32 Å². The molecule has 1 aliphatic heterocycles. The lowest BCUT2D eigenvalue weighted by Crippen LogP contribution is -2.46. The summed E-state index contributed by atoms with van der Waals surface area (Å²) in [4.78, 5) is 2.65. The molecule has 1 rings (SSSR count). The number of nitrogens with one attached hydrogen (secondary N) is 1. The zero-order valence-corrected chi connectivity index (χ0v) is 13.8. The van der Waals surface area contributed by atoms with Gasteiger partial charge in [0.1, 0.15) is 0 Å². The highest BCUT2D eigenvalue weighted by Crippen LogP contribution is 2.21. The fourth-order valence-electron chi connectivity index (χ4n) is 3.02. The van der Waals surface area contributed by atoms with Crippen LogP contribution in [-0.4, -0.2) is 49.3 Å². The minimum absolute atomic E-state index is 0.0300. The normalized spacial score (nSPS) is 22.4. The zero-order chi connectivity index (χ0) is 14.5. The van der Waals surface area contributed by atoms with Gasteiger partial charge in [-0.1, -0.05) is 13.8 Å². The van der Waals surface area contributed by atoms with Gasteiger partial charge >= 0.3 is 0 Å². The van der Waals surface area contributed by atoms with E-state index in [1.54, 1.807) is 0 Å². The molecular formula is C16H34N2O. The Hall–Kier alpha value is -0.120. The Kier molecular flexibility index (Phi) is 6.78. The molecule has 3 nitrogen and oxygen atoms in total. The summed E-state index contributed by atoms with van der Waals surface area (Å²) in [6.07, 6.45) is 3.75. The summed E-state index contributed by atoms with van der Waals surface area (Å²) < 4.78 is 5.59. The molecule has 2 unspecified atom stereocenters. The monoisotopic (exact) mass is 270 g/mol. The summed E-state index contributed by atoms with van der Waals surface area (Å²) in [5, 5.41) is 3.62. The SMILES string of the molecule is COC(C)(C)CC(C)N(CC(C)C)CC1CCCN1. The van der Waals surface area contributed by atoms with Gasteiger partial charge in [-0.15, -0.1) is 0 Å². The van der Waals surface area contributed by atoms with E-state index in [-0.39, 0.29) is 5.60 Å². The molecule has 0 radical (unpaired) electrons. The number of ether oxygens (including phenoxy) is 1. The number of hydrogen-bond donors (Lipinski definition) is 1. The summed E-state index contributed by atoms with van der Waals surface area (Å²) in [6.45, 7) is 14.9. The molecule has 3 heteroatoms. The Morgan fingerprint density at radius 1 is 1.32 bits per heavy atom. The topological polar surface area (TPSA) is 24.5 Å². The Bertz CT molecular complexity index is 247. The van der Waals surface area contributed by atoms with Crippen LogP contribution in [0.15, 0.2) is 0 Å². The van der Waals surface area contributed by atoms with Crippen LogP contribution in [0.2, 0.25) is 0 Å². The summed E-state index contributed by atoms with van der Waals surface area (Å²) in [5.41, 5.74) is -0.0300. The van der Waals surface area contributed by atoms with Gasteiger partial charge in [0.15, 0.2) is 0 Å². The zero-order valence-electron chi connectivity index (χ0n) is 13.8. The van der Waals surface area contributed by atoms with Gasteiger partial charge < -0.3 is 10.1 Å². The highest BCUT2D eigenvalue weighted by atomic mass is 16.5. The number of hydrogen-bond acceptors (Lipinski definition) is 3. The first-order valence-electron chi connectivity index (χ1n) is 7.86. The molecular weight excluding hydrogens is 236 g/mol. The molecule has 19 heavy (non-hydrogen) atoms. The van der Waals surface area contributed by atoms with Crippen molar-refractivity contribution in [1.82, 2.24) is 10.2 Å². The first-order chi connectivity index (χ1) is 8.84. The summed E-state index contributed by atoms with van der Waals surface area (Å²) in [6, 6.07) is 1.26. The highest BCUT2D eigenvalue weighted by Gasteiger charge is 2.27. The van der Waals surface area contributed by atoms with Gasteiger partial charge in [-0.25, -0.2) is 0 Å². The van der Waals surface area contributed by atoms with Gasteiger partial charge in [0.25, 0.3) is 0 Å². The second-order valence-electron chi connectivity index (χ2n) is 7.16. The van der Waals surface area contributed by atoms with Crippen molar-refractivity contribution in [2.75, 3.05) is 26.7 Å². The summed E-state index contributed by atoms with van der Waals surface area (Å²) >= 11 is 0. The first-order valence-corrected chi connectivity index (χ1v) is 7.86. The predicted molar refractivity (Wildman–Crippen MR) is 82.6 cm³/mol. The molecule has 114 valence electrons. The molecule has 0 aromatic carbocycles. The third-order valence-corrected chi connectivity index (χ3v) is 4.18. The molecule has 0 bridgehead atoms. The number of methoxy groups -OCH3 is 1. The van der Waals surface area contributed by atoms with Crippen molar-refractivity contribution in [3.05, 3.63) is 0 Å². The van der Waals surface area contributed by atoms with E-state index in [0.29, 0.717) is 12.1 Å². The van der Waals surface area contributed by atoms with Gasteiger partial charge in [0.2, 0.25) is 0 Å². The smallest absolute Gasteiger partial charge is 0.0637 e. The molecule has 1 heterocycles. The van der Waals surface area contributed by atoms with E-state index >= 15 is 0 Å². The predicted octanol–water partition coefficient (Wildman–Crippen LogP) is 2.90. The standard InChI is InChI=1S/C16H34N2O/c1-13(2)11-18(12-15-8-7-9-17-15)14(3)10-16(4,5)19-6/h13-15,17H,7-12H2,1-6H3. The summed E-state index contributed by atoms with van der Waals surface area (Å²) in [7, 11) is 1.82. The fraction of sp³-hybridized carbons (Fsp3) is 1.00. The van der Waals surface area contributed by atoms with Gasteiger partial charge in [0.05, 0.1) is 5.60 Å². The average molecular weight is 270 g/mol. The molecule has 0 aromatic rings. The van der Waals surface area contributed by atoms with Crippen LogP contribution in [0.1, 0.15) is 53.9 Å². The van der Waals surface area contributed by atoms with E-state index in [0.717, 1.165) is 12.3 Å². The first kappa shape index (κ1) is 16.9.